The number of hydrogen-bond donors (Lipinski definition) is 2. The van der Waals surface area contributed by atoms with E-state index in [0.717, 1.165) is 0 Å². The highest BCUT2D eigenvalue weighted by Crippen LogP contribution is 2.18. The first-order valence-corrected chi connectivity index (χ1v) is 5.37. The minimum Gasteiger partial charge on any atom is -0.383 e. The van der Waals surface area contributed by atoms with Crippen molar-refractivity contribution in [3.63, 3.8) is 0 Å². The highest BCUT2D eigenvalue weighted by atomic mass is 16.5. The van der Waals surface area contributed by atoms with Crippen LogP contribution in [0.4, 0.5) is 0 Å². The lowest BCUT2D eigenvalue weighted by molar-refractivity contribution is -0.121. The molecule has 1 atom stereocenters. The van der Waals surface area contributed by atoms with Crippen molar-refractivity contribution in [1.29, 1.82) is 0 Å². The van der Waals surface area contributed by atoms with Crippen molar-refractivity contribution in [2.24, 2.45) is 5.41 Å². The Morgan fingerprint density at radius 3 is 2.47 bits per heavy atom. The minimum absolute atomic E-state index is 0.0357. The van der Waals surface area contributed by atoms with Gasteiger partial charge in [-0.1, -0.05) is 20.8 Å². The molecule has 0 aromatic rings. The number of methoxy groups -OCH3 is 1. The fourth-order valence-corrected chi connectivity index (χ4v) is 0.885. The zero-order chi connectivity index (χ0) is 11.9. The van der Waals surface area contributed by atoms with Crippen molar-refractivity contribution >= 4 is 5.91 Å². The predicted octanol–water partition coefficient (Wildman–Crippen LogP) is 0.773. The summed E-state index contributed by atoms with van der Waals surface area (Å²) in [7, 11) is 1.64. The molecule has 4 heteroatoms. The average Bonchev–Trinajstić information content (AvgIpc) is 2.11. The van der Waals surface area contributed by atoms with Crippen molar-refractivity contribution in [2.45, 2.75) is 33.7 Å². The summed E-state index contributed by atoms with van der Waals surface area (Å²) in [6, 6.07) is 0.175. The molecule has 0 aliphatic carbocycles. The van der Waals surface area contributed by atoms with Crippen LogP contribution in [0, 0.1) is 5.41 Å². The van der Waals surface area contributed by atoms with E-state index in [1.807, 2.05) is 6.92 Å². The third kappa shape index (κ3) is 7.33. The zero-order valence-corrected chi connectivity index (χ0v) is 10.5. The molecule has 90 valence electrons. The summed E-state index contributed by atoms with van der Waals surface area (Å²) >= 11 is 0. The smallest absolute Gasteiger partial charge is 0.234 e. The Morgan fingerprint density at radius 1 is 1.40 bits per heavy atom. The zero-order valence-electron chi connectivity index (χ0n) is 10.5. The topological polar surface area (TPSA) is 50.4 Å². The van der Waals surface area contributed by atoms with Crippen LogP contribution in [0.25, 0.3) is 0 Å². The van der Waals surface area contributed by atoms with Gasteiger partial charge in [-0.3, -0.25) is 4.79 Å². The van der Waals surface area contributed by atoms with Gasteiger partial charge in [-0.2, -0.15) is 0 Å². The highest BCUT2D eigenvalue weighted by Gasteiger charge is 2.21. The molecule has 0 radical (unpaired) electrons. The van der Waals surface area contributed by atoms with Crippen LogP contribution in [0.3, 0.4) is 0 Å². The van der Waals surface area contributed by atoms with E-state index in [4.69, 9.17) is 4.74 Å². The summed E-state index contributed by atoms with van der Waals surface area (Å²) in [6.07, 6.45) is 0. The Kier molecular flexibility index (Phi) is 6.52. The molecular formula is C11H24N2O2. The summed E-state index contributed by atoms with van der Waals surface area (Å²) in [5, 5.41) is 5.96. The molecule has 0 aliphatic rings. The van der Waals surface area contributed by atoms with E-state index in [2.05, 4.69) is 31.4 Å². The molecule has 1 amide bonds. The van der Waals surface area contributed by atoms with Gasteiger partial charge in [0.15, 0.2) is 0 Å². The third-order valence-electron chi connectivity index (χ3n) is 2.45. The fourth-order valence-electron chi connectivity index (χ4n) is 0.885. The van der Waals surface area contributed by atoms with Gasteiger partial charge in [0.05, 0.1) is 13.2 Å². The molecule has 0 saturated carbocycles. The first-order valence-electron chi connectivity index (χ1n) is 5.37. The molecule has 0 aromatic heterocycles. The Morgan fingerprint density at radius 2 is 2.00 bits per heavy atom. The summed E-state index contributed by atoms with van der Waals surface area (Å²) in [5.41, 5.74) is 0.0994. The van der Waals surface area contributed by atoms with E-state index in [1.165, 1.54) is 0 Å². The van der Waals surface area contributed by atoms with Crippen molar-refractivity contribution in [3.05, 3.63) is 0 Å². The van der Waals surface area contributed by atoms with Crippen LogP contribution in [0.15, 0.2) is 0 Å². The first kappa shape index (κ1) is 14.4. The van der Waals surface area contributed by atoms with Crippen LogP contribution in [-0.4, -0.2) is 38.8 Å². The molecule has 0 aromatic carbocycles. The van der Waals surface area contributed by atoms with Crippen LogP contribution in [0.1, 0.15) is 27.7 Å². The largest absolute Gasteiger partial charge is 0.383 e. The minimum atomic E-state index is 0.0357. The van der Waals surface area contributed by atoms with E-state index in [-0.39, 0.29) is 17.4 Å². The van der Waals surface area contributed by atoms with E-state index >= 15 is 0 Å². The average molecular weight is 216 g/mol. The van der Waals surface area contributed by atoms with Gasteiger partial charge in [0.25, 0.3) is 0 Å². The summed E-state index contributed by atoms with van der Waals surface area (Å²) < 4.78 is 4.86. The molecule has 0 aliphatic heterocycles. The van der Waals surface area contributed by atoms with E-state index in [1.54, 1.807) is 7.11 Å². The highest BCUT2D eigenvalue weighted by molar-refractivity contribution is 5.78. The van der Waals surface area contributed by atoms with Gasteiger partial charge >= 0.3 is 0 Å². The SMILES string of the molecule is COCCNCC(=O)NC(C)C(C)(C)C. The van der Waals surface area contributed by atoms with Gasteiger partial charge < -0.3 is 15.4 Å². The normalized spacial score (nSPS) is 13.7. The van der Waals surface area contributed by atoms with Gasteiger partial charge in [0.1, 0.15) is 0 Å². The molecule has 1 unspecified atom stereocenters. The van der Waals surface area contributed by atoms with E-state index in [0.29, 0.717) is 19.7 Å². The van der Waals surface area contributed by atoms with Gasteiger partial charge in [-0.05, 0) is 12.3 Å². The van der Waals surface area contributed by atoms with Gasteiger partial charge in [-0.25, -0.2) is 0 Å². The molecule has 0 heterocycles. The maximum Gasteiger partial charge on any atom is 0.234 e. The molecule has 4 nitrogen and oxygen atoms in total. The van der Waals surface area contributed by atoms with Crippen molar-refractivity contribution in [2.75, 3.05) is 26.8 Å². The Hall–Kier alpha value is -0.610. The standard InChI is InChI=1S/C11H24N2O2/c1-9(11(2,3)4)13-10(14)8-12-6-7-15-5/h9,12H,6-8H2,1-5H3,(H,13,14). The summed E-state index contributed by atoms with van der Waals surface area (Å²) in [5.74, 6) is 0.0357. The van der Waals surface area contributed by atoms with Crippen LogP contribution in [0.5, 0.6) is 0 Å². The molecule has 0 spiro atoms. The van der Waals surface area contributed by atoms with Gasteiger partial charge in [0.2, 0.25) is 5.91 Å². The quantitative estimate of drug-likeness (QED) is 0.645. The van der Waals surface area contributed by atoms with Crippen LogP contribution < -0.4 is 10.6 Å². The second-order valence-electron chi connectivity index (χ2n) is 4.82. The molecule has 0 saturated heterocycles. The number of ether oxygens (including phenoxy) is 1. The molecule has 0 rings (SSSR count). The second-order valence-corrected chi connectivity index (χ2v) is 4.82. The number of rotatable bonds is 6. The van der Waals surface area contributed by atoms with Gasteiger partial charge in [0, 0.05) is 19.7 Å². The molecule has 15 heavy (non-hydrogen) atoms. The molecule has 0 fully saturated rings. The first-order chi connectivity index (χ1) is 6.88. The summed E-state index contributed by atoms with van der Waals surface area (Å²) in [6.45, 7) is 10.0. The van der Waals surface area contributed by atoms with Crippen LogP contribution >= 0.6 is 0 Å². The van der Waals surface area contributed by atoms with Crippen molar-refractivity contribution < 1.29 is 9.53 Å². The predicted molar refractivity (Wildman–Crippen MR) is 61.8 cm³/mol. The molecular weight excluding hydrogens is 192 g/mol. The van der Waals surface area contributed by atoms with Gasteiger partial charge in [-0.15, -0.1) is 0 Å². The Labute approximate surface area is 92.8 Å². The van der Waals surface area contributed by atoms with E-state index in [9.17, 15) is 4.79 Å². The van der Waals surface area contributed by atoms with E-state index < -0.39 is 0 Å². The number of nitrogens with one attached hydrogen (secondary N) is 2. The number of carbonyl (C=O) groups excluding carboxylic acids is 1. The van der Waals surface area contributed by atoms with Crippen molar-refractivity contribution in [1.82, 2.24) is 10.6 Å². The lowest BCUT2D eigenvalue weighted by Gasteiger charge is -2.28. The molecule has 2 N–H and O–H groups in total. The lowest BCUT2D eigenvalue weighted by Crippen LogP contribution is -2.45. The lowest BCUT2D eigenvalue weighted by atomic mass is 9.88. The number of carbonyl (C=O) groups is 1. The monoisotopic (exact) mass is 216 g/mol. The maximum absolute atomic E-state index is 11.4. The Bertz CT molecular complexity index is 188. The molecule has 0 bridgehead atoms. The number of hydrogen-bond acceptors (Lipinski definition) is 3. The van der Waals surface area contributed by atoms with Crippen molar-refractivity contribution in [3.8, 4) is 0 Å². The summed E-state index contributed by atoms with van der Waals surface area (Å²) in [4.78, 5) is 11.4. The Balaban J connectivity index is 3.65. The van der Waals surface area contributed by atoms with Crippen LogP contribution in [0.2, 0.25) is 0 Å². The second kappa shape index (κ2) is 6.80. The third-order valence-corrected chi connectivity index (χ3v) is 2.45. The number of amides is 1. The maximum atomic E-state index is 11.4. The fraction of sp³-hybridized carbons (Fsp3) is 0.909. The van der Waals surface area contributed by atoms with Crippen LogP contribution in [-0.2, 0) is 9.53 Å².